The zero-order chi connectivity index (χ0) is 23.4. The van der Waals surface area contributed by atoms with Gasteiger partial charge in [0.2, 0.25) is 0 Å². The van der Waals surface area contributed by atoms with Crippen LogP contribution in [-0.4, -0.2) is 11.8 Å². The maximum Gasteiger partial charge on any atom is 0.258 e. The highest BCUT2D eigenvalue weighted by Gasteiger charge is 2.34. The van der Waals surface area contributed by atoms with Crippen LogP contribution in [0.5, 0.6) is 0 Å². The minimum atomic E-state index is -0.673. The summed E-state index contributed by atoms with van der Waals surface area (Å²) in [5.41, 5.74) is 3.89. The molecule has 1 aliphatic rings. The molecule has 0 unspecified atom stereocenters. The molecule has 0 N–H and O–H groups in total. The summed E-state index contributed by atoms with van der Waals surface area (Å²) in [5.74, 6) is 6.30. The SMILES string of the molecule is O=C1C=CC(=O)N1c1ccc(C#CC(c2ccccc2)(c2ccccc2)c2ccccc2)cc1. The van der Waals surface area contributed by atoms with Gasteiger partial charge in [-0.05, 0) is 41.0 Å². The van der Waals surface area contributed by atoms with Crippen molar-refractivity contribution in [2.24, 2.45) is 0 Å². The molecule has 0 saturated carbocycles. The van der Waals surface area contributed by atoms with E-state index in [4.69, 9.17) is 0 Å². The lowest BCUT2D eigenvalue weighted by Gasteiger charge is -2.31. The van der Waals surface area contributed by atoms with Crippen LogP contribution in [0, 0.1) is 11.8 Å². The summed E-state index contributed by atoms with van der Waals surface area (Å²) in [5, 5.41) is 0. The fourth-order valence-electron chi connectivity index (χ4n) is 4.30. The second-order valence-corrected chi connectivity index (χ2v) is 7.99. The van der Waals surface area contributed by atoms with Gasteiger partial charge in [0.15, 0.2) is 0 Å². The minimum Gasteiger partial charge on any atom is -0.269 e. The van der Waals surface area contributed by atoms with E-state index in [9.17, 15) is 9.59 Å². The molecular formula is C31H21NO2. The average Bonchev–Trinajstić information content (AvgIpc) is 3.24. The van der Waals surface area contributed by atoms with E-state index in [1.807, 2.05) is 66.7 Å². The van der Waals surface area contributed by atoms with Gasteiger partial charge in [0.05, 0.1) is 5.69 Å². The van der Waals surface area contributed by atoms with Gasteiger partial charge in [0.25, 0.3) is 11.8 Å². The van der Waals surface area contributed by atoms with Crippen LogP contribution < -0.4 is 4.90 Å². The lowest BCUT2D eigenvalue weighted by Crippen LogP contribution is -2.29. The molecule has 0 spiro atoms. The van der Waals surface area contributed by atoms with Gasteiger partial charge in [-0.3, -0.25) is 9.59 Å². The lowest BCUT2D eigenvalue weighted by atomic mass is 9.70. The van der Waals surface area contributed by atoms with E-state index >= 15 is 0 Å². The van der Waals surface area contributed by atoms with Crippen molar-refractivity contribution in [3.8, 4) is 11.8 Å². The molecule has 0 fully saturated rings. The van der Waals surface area contributed by atoms with Gasteiger partial charge in [-0.25, -0.2) is 4.90 Å². The van der Waals surface area contributed by atoms with Gasteiger partial charge in [-0.15, -0.1) is 0 Å². The van der Waals surface area contributed by atoms with Gasteiger partial charge in [0, 0.05) is 17.7 Å². The molecule has 162 valence electrons. The number of carbonyl (C=O) groups excluding carboxylic acids is 2. The predicted molar refractivity (Wildman–Crippen MR) is 134 cm³/mol. The Balaban J connectivity index is 1.64. The molecular weight excluding hydrogens is 418 g/mol. The Morgan fingerprint density at radius 3 is 1.35 bits per heavy atom. The molecule has 0 bridgehead atoms. The minimum absolute atomic E-state index is 0.333. The zero-order valence-corrected chi connectivity index (χ0v) is 18.4. The number of carbonyl (C=O) groups is 2. The summed E-state index contributed by atoms with van der Waals surface area (Å²) < 4.78 is 0. The van der Waals surface area contributed by atoms with Crippen LogP contribution in [0.4, 0.5) is 5.69 Å². The van der Waals surface area contributed by atoms with Gasteiger partial charge in [-0.2, -0.15) is 0 Å². The number of imide groups is 1. The smallest absolute Gasteiger partial charge is 0.258 e. The monoisotopic (exact) mass is 439 g/mol. The topological polar surface area (TPSA) is 37.4 Å². The van der Waals surface area contributed by atoms with Crippen molar-refractivity contribution in [1.82, 2.24) is 0 Å². The summed E-state index contributed by atoms with van der Waals surface area (Å²) >= 11 is 0. The third-order valence-electron chi connectivity index (χ3n) is 5.95. The summed E-state index contributed by atoms with van der Waals surface area (Å²) in [6.07, 6.45) is 2.56. The van der Waals surface area contributed by atoms with E-state index in [2.05, 4.69) is 48.2 Å². The number of hydrogen-bond donors (Lipinski definition) is 0. The Morgan fingerprint density at radius 1 is 0.529 bits per heavy atom. The zero-order valence-electron chi connectivity index (χ0n) is 18.4. The van der Waals surface area contributed by atoms with E-state index < -0.39 is 5.41 Å². The van der Waals surface area contributed by atoms with Crippen LogP contribution in [0.2, 0.25) is 0 Å². The van der Waals surface area contributed by atoms with Crippen molar-refractivity contribution in [1.29, 1.82) is 0 Å². The standard InChI is InChI=1S/C31H21NO2/c33-29-20-21-30(34)32(29)28-18-16-24(17-19-28)22-23-31(25-10-4-1-5-11-25,26-12-6-2-7-13-26)27-14-8-3-9-15-27/h1-21H. The van der Waals surface area contributed by atoms with Gasteiger partial charge < -0.3 is 0 Å². The van der Waals surface area contributed by atoms with Gasteiger partial charge in [0.1, 0.15) is 5.41 Å². The first-order valence-electron chi connectivity index (χ1n) is 11.0. The second-order valence-electron chi connectivity index (χ2n) is 7.99. The maximum absolute atomic E-state index is 12.0. The van der Waals surface area contributed by atoms with Crippen molar-refractivity contribution in [2.75, 3.05) is 4.90 Å². The first kappa shape index (κ1) is 21.2. The van der Waals surface area contributed by atoms with Crippen LogP contribution in [-0.2, 0) is 15.0 Å². The Hall–Kier alpha value is -4.68. The molecule has 2 amide bonds. The average molecular weight is 440 g/mol. The molecule has 5 rings (SSSR count). The van der Waals surface area contributed by atoms with Crippen molar-refractivity contribution < 1.29 is 9.59 Å². The van der Waals surface area contributed by atoms with Crippen LogP contribution >= 0.6 is 0 Å². The molecule has 1 aliphatic heterocycles. The van der Waals surface area contributed by atoms with Crippen molar-refractivity contribution in [3.05, 3.63) is 150 Å². The molecule has 3 heteroatoms. The quantitative estimate of drug-likeness (QED) is 0.239. The van der Waals surface area contributed by atoms with Gasteiger partial charge in [-0.1, -0.05) is 103 Å². The number of rotatable bonds is 4. The van der Waals surface area contributed by atoms with Gasteiger partial charge >= 0.3 is 0 Å². The Bertz CT molecular complexity index is 1300. The highest BCUT2D eigenvalue weighted by Crippen LogP contribution is 2.38. The molecule has 4 aromatic carbocycles. The molecule has 0 atom stereocenters. The summed E-state index contributed by atoms with van der Waals surface area (Å²) in [6, 6.07) is 38.0. The van der Waals surface area contributed by atoms with Crippen molar-refractivity contribution in [3.63, 3.8) is 0 Å². The molecule has 1 heterocycles. The van der Waals surface area contributed by atoms with Crippen LogP contribution in [0.1, 0.15) is 22.3 Å². The Morgan fingerprint density at radius 2 is 0.941 bits per heavy atom. The Kier molecular flexibility index (Phi) is 5.64. The van der Waals surface area contributed by atoms with E-state index in [0.717, 1.165) is 27.2 Å². The van der Waals surface area contributed by atoms with E-state index in [1.165, 1.54) is 12.2 Å². The summed E-state index contributed by atoms with van der Waals surface area (Å²) in [7, 11) is 0. The third kappa shape index (κ3) is 3.83. The fourth-order valence-corrected chi connectivity index (χ4v) is 4.30. The highest BCUT2D eigenvalue weighted by molar-refractivity contribution is 6.28. The molecule has 0 radical (unpaired) electrons. The largest absolute Gasteiger partial charge is 0.269 e. The Labute approximate surface area is 199 Å². The molecule has 0 aromatic heterocycles. The number of anilines is 1. The molecule has 0 saturated heterocycles. The van der Waals surface area contributed by atoms with E-state index in [1.54, 1.807) is 12.1 Å². The molecule has 34 heavy (non-hydrogen) atoms. The first-order valence-corrected chi connectivity index (χ1v) is 11.0. The first-order chi connectivity index (χ1) is 16.7. The van der Waals surface area contributed by atoms with Crippen molar-refractivity contribution >= 4 is 17.5 Å². The number of hydrogen-bond acceptors (Lipinski definition) is 2. The number of amides is 2. The maximum atomic E-state index is 12.0. The second kappa shape index (κ2) is 9.05. The predicted octanol–water partition coefficient (Wildman–Crippen LogP) is 5.50. The number of nitrogens with zero attached hydrogens (tertiary/aromatic N) is 1. The molecule has 3 nitrogen and oxygen atoms in total. The van der Waals surface area contributed by atoms with Crippen molar-refractivity contribution in [2.45, 2.75) is 5.41 Å². The van der Waals surface area contributed by atoms with Crippen LogP contribution in [0.3, 0.4) is 0 Å². The van der Waals surface area contributed by atoms with Crippen LogP contribution in [0.15, 0.2) is 127 Å². The fraction of sp³-hybridized carbons (Fsp3) is 0.0323. The normalized spacial score (nSPS) is 13.0. The van der Waals surface area contributed by atoms with Crippen LogP contribution in [0.25, 0.3) is 0 Å². The molecule has 0 aliphatic carbocycles. The highest BCUT2D eigenvalue weighted by atomic mass is 16.2. The summed E-state index contributed by atoms with van der Waals surface area (Å²) in [4.78, 5) is 25.1. The number of benzene rings is 4. The summed E-state index contributed by atoms with van der Waals surface area (Å²) in [6.45, 7) is 0. The lowest BCUT2D eigenvalue weighted by molar-refractivity contribution is -0.119. The van der Waals surface area contributed by atoms with E-state index in [0.29, 0.717) is 5.69 Å². The third-order valence-corrected chi connectivity index (χ3v) is 5.95. The molecule has 4 aromatic rings. The van der Waals surface area contributed by atoms with E-state index in [-0.39, 0.29) is 11.8 Å².